The summed E-state index contributed by atoms with van der Waals surface area (Å²) in [5.41, 5.74) is 5.14. The molecule has 112 valence electrons. The molecule has 1 aromatic rings. The first-order valence-electron chi connectivity index (χ1n) is 6.29. The van der Waals surface area contributed by atoms with Gasteiger partial charge in [0.1, 0.15) is 5.41 Å². The van der Waals surface area contributed by atoms with E-state index in [1.54, 1.807) is 18.2 Å². The maximum absolute atomic E-state index is 12.1. The number of urea groups is 1. The Hall–Kier alpha value is -2.09. The smallest absolute Gasteiger partial charge is 0.318 e. The summed E-state index contributed by atoms with van der Waals surface area (Å²) in [5, 5.41) is 7.69. The SMILES string of the molecule is CNC(=O)Nc1ccc(Br)c(NC(=O)C2(C(N)=O)CC2)c1. The molecule has 0 aliphatic heterocycles. The Morgan fingerprint density at radius 2 is 1.90 bits per heavy atom. The number of anilines is 2. The highest BCUT2D eigenvalue weighted by Gasteiger charge is 2.55. The number of halogens is 1. The van der Waals surface area contributed by atoms with Gasteiger partial charge in [-0.3, -0.25) is 9.59 Å². The lowest BCUT2D eigenvalue weighted by Gasteiger charge is -2.14. The second-order valence-corrected chi connectivity index (χ2v) is 5.65. The summed E-state index contributed by atoms with van der Waals surface area (Å²) in [6, 6.07) is 4.58. The van der Waals surface area contributed by atoms with Gasteiger partial charge in [-0.1, -0.05) is 0 Å². The predicted octanol–water partition coefficient (Wildman–Crippen LogP) is 1.40. The molecule has 1 aliphatic carbocycles. The maximum Gasteiger partial charge on any atom is 0.318 e. The van der Waals surface area contributed by atoms with E-state index in [-0.39, 0.29) is 6.03 Å². The van der Waals surface area contributed by atoms with Crippen LogP contribution in [0.2, 0.25) is 0 Å². The van der Waals surface area contributed by atoms with Crippen molar-refractivity contribution in [3.8, 4) is 0 Å². The van der Waals surface area contributed by atoms with Crippen molar-refractivity contribution in [3.05, 3.63) is 22.7 Å². The number of hydrogen-bond acceptors (Lipinski definition) is 3. The van der Waals surface area contributed by atoms with Gasteiger partial charge in [0.05, 0.1) is 5.69 Å². The van der Waals surface area contributed by atoms with Gasteiger partial charge >= 0.3 is 6.03 Å². The number of hydrogen-bond donors (Lipinski definition) is 4. The highest BCUT2D eigenvalue weighted by molar-refractivity contribution is 9.10. The van der Waals surface area contributed by atoms with Crippen molar-refractivity contribution in [2.24, 2.45) is 11.1 Å². The van der Waals surface area contributed by atoms with E-state index >= 15 is 0 Å². The maximum atomic E-state index is 12.1. The van der Waals surface area contributed by atoms with Gasteiger partial charge < -0.3 is 21.7 Å². The summed E-state index contributed by atoms with van der Waals surface area (Å²) in [5.74, 6) is -1.04. The van der Waals surface area contributed by atoms with Crippen LogP contribution in [0.3, 0.4) is 0 Å². The monoisotopic (exact) mass is 354 g/mol. The van der Waals surface area contributed by atoms with Crippen LogP contribution < -0.4 is 21.7 Å². The third kappa shape index (κ3) is 3.15. The summed E-state index contributed by atoms with van der Waals surface area (Å²) < 4.78 is 0.638. The van der Waals surface area contributed by atoms with E-state index in [9.17, 15) is 14.4 Å². The number of carbonyl (C=O) groups is 3. The summed E-state index contributed by atoms with van der Waals surface area (Å²) in [6.07, 6.45) is 0.921. The Labute approximate surface area is 129 Å². The first-order chi connectivity index (χ1) is 9.89. The molecule has 0 atom stereocenters. The van der Waals surface area contributed by atoms with Crippen LogP contribution in [0.25, 0.3) is 0 Å². The number of nitrogens with one attached hydrogen (secondary N) is 3. The van der Waals surface area contributed by atoms with Gasteiger partial charge in [-0.15, -0.1) is 0 Å². The van der Waals surface area contributed by atoms with E-state index in [1.807, 2.05) is 0 Å². The molecule has 0 saturated heterocycles. The Kier molecular flexibility index (Phi) is 4.17. The Morgan fingerprint density at radius 1 is 1.24 bits per heavy atom. The van der Waals surface area contributed by atoms with Crippen LogP contribution in [0.15, 0.2) is 22.7 Å². The van der Waals surface area contributed by atoms with Crippen LogP contribution in [-0.4, -0.2) is 24.9 Å². The zero-order valence-electron chi connectivity index (χ0n) is 11.3. The van der Waals surface area contributed by atoms with Gasteiger partial charge in [0.25, 0.3) is 0 Å². The van der Waals surface area contributed by atoms with Crippen LogP contribution in [-0.2, 0) is 9.59 Å². The quantitative estimate of drug-likeness (QED) is 0.612. The topological polar surface area (TPSA) is 113 Å². The number of benzene rings is 1. The molecule has 1 saturated carbocycles. The summed E-state index contributed by atoms with van der Waals surface area (Å²) >= 11 is 3.31. The number of primary amides is 1. The van der Waals surface area contributed by atoms with Crippen LogP contribution in [0.1, 0.15) is 12.8 Å². The van der Waals surface area contributed by atoms with Crippen molar-refractivity contribution in [3.63, 3.8) is 0 Å². The fourth-order valence-corrected chi connectivity index (χ4v) is 2.19. The lowest BCUT2D eigenvalue weighted by Crippen LogP contribution is -2.36. The van der Waals surface area contributed by atoms with E-state index in [2.05, 4.69) is 31.9 Å². The summed E-state index contributed by atoms with van der Waals surface area (Å²) in [4.78, 5) is 34.8. The van der Waals surface area contributed by atoms with Gasteiger partial charge in [0.2, 0.25) is 11.8 Å². The normalized spacial score (nSPS) is 15.0. The Balaban J connectivity index is 2.16. The van der Waals surface area contributed by atoms with Crippen molar-refractivity contribution in [1.29, 1.82) is 0 Å². The molecule has 0 bridgehead atoms. The Morgan fingerprint density at radius 3 is 2.43 bits per heavy atom. The summed E-state index contributed by atoms with van der Waals surface area (Å²) in [7, 11) is 1.50. The zero-order valence-corrected chi connectivity index (χ0v) is 12.9. The average Bonchev–Trinajstić information content (AvgIpc) is 3.24. The number of nitrogens with two attached hydrogens (primary N) is 1. The van der Waals surface area contributed by atoms with Gasteiger partial charge in [0.15, 0.2) is 0 Å². The zero-order chi connectivity index (χ0) is 15.6. The van der Waals surface area contributed by atoms with Gasteiger partial charge in [-0.25, -0.2) is 4.79 Å². The van der Waals surface area contributed by atoms with Crippen molar-refractivity contribution in [2.45, 2.75) is 12.8 Å². The second kappa shape index (κ2) is 5.72. The average molecular weight is 355 g/mol. The molecule has 21 heavy (non-hydrogen) atoms. The number of amides is 4. The first-order valence-corrected chi connectivity index (χ1v) is 7.08. The van der Waals surface area contributed by atoms with Crippen LogP contribution in [0.5, 0.6) is 0 Å². The molecule has 1 aliphatic rings. The van der Waals surface area contributed by atoms with E-state index in [0.29, 0.717) is 28.7 Å². The first kappa shape index (κ1) is 15.3. The van der Waals surface area contributed by atoms with Crippen LogP contribution >= 0.6 is 15.9 Å². The largest absolute Gasteiger partial charge is 0.369 e. The molecule has 5 N–H and O–H groups in total. The van der Waals surface area contributed by atoms with Gasteiger partial charge in [-0.05, 0) is 47.0 Å². The fraction of sp³-hybridized carbons (Fsp3) is 0.308. The molecule has 0 heterocycles. The molecule has 0 unspecified atom stereocenters. The molecule has 7 nitrogen and oxygen atoms in total. The molecular weight excluding hydrogens is 340 g/mol. The van der Waals surface area contributed by atoms with E-state index in [0.717, 1.165) is 0 Å². The minimum atomic E-state index is -1.09. The third-order valence-corrected chi connectivity index (χ3v) is 4.05. The van der Waals surface area contributed by atoms with Crippen molar-refractivity contribution in [1.82, 2.24) is 5.32 Å². The molecule has 1 aromatic carbocycles. The lowest BCUT2D eigenvalue weighted by molar-refractivity contribution is -0.132. The highest BCUT2D eigenvalue weighted by atomic mass is 79.9. The van der Waals surface area contributed by atoms with Crippen LogP contribution in [0, 0.1) is 5.41 Å². The molecule has 4 amide bonds. The summed E-state index contributed by atoms with van der Waals surface area (Å²) in [6.45, 7) is 0. The lowest BCUT2D eigenvalue weighted by atomic mass is 10.1. The van der Waals surface area contributed by atoms with Gasteiger partial charge in [-0.2, -0.15) is 0 Å². The fourth-order valence-electron chi connectivity index (χ4n) is 1.84. The molecular formula is C13H15BrN4O3. The molecule has 0 radical (unpaired) electrons. The number of carbonyl (C=O) groups excluding carboxylic acids is 3. The van der Waals surface area contributed by atoms with E-state index in [4.69, 9.17) is 5.73 Å². The number of rotatable bonds is 4. The molecule has 0 spiro atoms. The van der Waals surface area contributed by atoms with E-state index < -0.39 is 17.2 Å². The Bertz CT molecular complexity index is 613. The minimum absolute atomic E-state index is 0.370. The van der Waals surface area contributed by atoms with Gasteiger partial charge in [0, 0.05) is 17.2 Å². The predicted molar refractivity (Wildman–Crippen MR) is 81.7 cm³/mol. The second-order valence-electron chi connectivity index (χ2n) is 4.80. The molecule has 0 aromatic heterocycles. The van der Waals surface area contributed by atoms with Crippen molar-refractivity contribution >= 4 is 45.2 Å². The molecule has 8 heteroatoms. The van der Waals surface area contributed by atoms with Crippen molar-refractivity contribution in [2.75, 3.05) is 17.7 Å². The van der Waals surface area contributed by atoms with Crippen molar-refractivity contribution < 1.29 is 14.4 Å². The van der Waals surface area contributed by atoms with E-state index in [1.165, 1.54) is 7.05 Å². The standard InChI is InChI=1S/C13H15BrN4O3/c1-16-12(21)17-7-2-3-8(14)9(6-7)18-11(20)13(4-5-13)10(15)19/h2-3,6H,4-5H2,1H3,(H2,15,19)(H,18,20)(H2,16,17,21). The van der Waals surface area contributed by atoms with Crippen LogP contribution in [0.4, 0.5) is 16.2 Å². The highest BCUT2D eigenvalue weighted by Crippen LogP contribution is 2.46. The minimum Gasteiger partial charge on any atom is -0.369 e. The molecule has 2 rings (SSSR count). The third-order valence-electron chi connectivity index (χ3n) is 3.36. The molecule has 1 fully saturated rings.